The highest BCUT2D eigenvalue weighted by Crippen LogP contribution is 2.40. The van der Waals surface area contributed by atoms with E-state index >= 15 is 0 Å². The SMILES string of the molecule is CCN(CC)c1ccc(N2C(=O)C(SC(C)C)=C(c3ccc(OC)cc3)C2=O)cc1. The zero-order chi connectivity index (χ0) is 21.8. The maximum atomic E-state index is 13.4. The lowest BCUT2D eigenvalue weighted by Gasteiger charge is -2.22. The van der Waals surface area contributed by atoms with Crippen molar-refractivity contribution in [2.75, 3.05) is 30.0 Å². The van der Waals surface area contributed by atoms with Gasteiger partial charge in [0.1, 0.15) is 5.75 Å². The molecule has 0 unspecified atom stereocenters. The van der Waals surface area contributed by atoms with Gasteiger partial charge in [0, 0.05) is 24.0 Å². The zero-order valence-corrected chi connectivity index (χ0v) is 19.0. The van der Waals surface area contributed by atoms with Gasteiger partial charge in [-0.05, 0) is 55.8 Å². The van der Waals surface area contributed by atoms with E-state index in [4.69, 9.17) is 4.74 Å². The molecule has 2 aromatic carbocycles. The topological polar surface area (TPSA) is 49.9 Å². The Morgan fingerprint density at radius 2 is 1.53 bits per heavy atom. The molecule has 0 atom stereocenters. The lowest BCUT2D eigenvalue weighted by molar-refractivity contribution is -0.119. The van der Waals surface area contributed by atoms with Crippen LogP contribution in [0.4, 0.5) is 11.4 Å². The van der Waals surface area contributed by atoms with Crippen molar-refractivity contribution in [1.29, 1.82) is 0 Å². The van der Waals surface area contributed by atoms with Crippen LogP contribution in [0.3, 0.4) is 0 Å². The molecule has 0 aromatic heterocycles. The molecule has 0 N–H and O–H groups in total. The molecule has 6 heteroatoms. The Morgan fingerprint density at radius 3 is 2.03 bits per heavy atom. The molecule has 1 aliphatic rings. The third kappa shape index (κ3) is 4.24. The van der Waals surface area contributed by atoms with Crippen molar-refractivity contribution in [2.24, 2.45) is 0 Å². The second-order valence-electron chi connectivity index (χ2n) is 7.23. The van der Waals surface area contributed by atoms with E-state index in [1.54, 1.807) is 19.2 Å². The van der Waals surface area contributed by atoms with Crippen LogP contribution in [0, 0.1) is 0 Å². The van der Waals surface area contributed by atoms with E-state index < -0.39 is 0 Å². The van der Waals surface area contributed by atoms with Gasteiger partial charge in [0.05, 0.1) is 23.3 Å². The summed E-state index contributed by atoms with van der Waals surface area (Å²) in [7, 11) is 1.60. The Kier molecular flexibility index (Phi) is 6.87. The third-order valence-electron chi connectivity index (χ3n) is 5.01. The van der Waals surface area contributed by atoms with Gasteiger partial charge >= 0.3 is 0 Å². The molecule has 2 amide bonds. The van der Waals surface area contributed by atoms with E-state index in [9.17, 15) is 9.59 Å². The second-order valence-corrected chi connectivity index (χ2v) is 8.82. The molecule has 2 aromatic rings. The van der Waals surface area contributed by atoms with E-state index in [0.29, 0.717) is 21.9 Å². The highest BCUT2D eigenvalue weighted by molar-refractivity contribution is 8.04. The summed E-state index contributed by atoms with van der Waals surface area (Å²) < 4.78 is 5.22. The molecule has 0 saturated heterocycles. The molecule has 1 heterocycles. The van der Waals surface area contributed by atoms with Crippen LogP contribution < -0.4 is 14.5 Å². The minimum Gasteiger partial charge on any atom is -0.497 e. The summed E-state index contributed by atoms with van der Waals surface area (Å²) in [4.78, 5) is 30.7. The Bertz CT molecular complexity index is 945. The lowest BCUT2D eigenvalue weighted by Crippen LogP contribution is -2.31. The molecule has 0 radical (unpaired) electrons. The van der Waals surface area contributed by atoms with Gasteiger partial charge < -0.3 is 9.64 Å². The average molecular weight is 425 g/mol. The summed E-state index contributed by atoms with van der Waals surface area (Å²) in [5.41, 5.74) is 2.84. The van der Waals surface area contributed by atoms with Crippen LogP contribution in [0.5, 0.6) is 5.75 Å². The van der Waals surface area contributed by atoms with E-state index in [-0.39, 0.29) is 17.1 Å². The standard InChI is InChI=1S/C24H28N2O3S/c1-6-25(7-2)18-10-12-19(13-11-18)26-23(27)21(22(24(26)28)30-16(3)4)17-8-14-20(29-5)15-9-17/h8-16H,6-7H2,1-5H3. The summed E-state index contributed by atoms with van der Waals surface area (Å²) in [5.74, 6) is 0.155. The number of imide groups is 1. The van der Waals surface area contributed by atoms with E-state index in [0.717, 1.165) is 24.3 Å². The Hall–Kier alpha value is -2.73. The molecule has 0 aliphatic carbocycles. The van der Waals surface area contributed by atoms with Crippen molar-refractivity contribution in [3.8, 4) is 5.75 Å². The summed E-state index contributed by atoms with van der Waals surface area (Å²) in [6, 6.07) is 14.9. The first-order chi connectivity index (χ1) is 14.4. The Morgan fingerprint density at radius 1 is 0.933 bits per heavy atom. The maximum absolute atomic E-state index is 13.4. The van der Waals surface area contributed by atoms with Gasteiger partial charge in [-0.3, -0.25) is 9.59 Å². The Balaban J connectivity index is 1.99. The predicted octanol–water partition coefficient (Wildman–Crippen LogP) is 4.97. The molecule has 0 fully saturated rings. The van der Waals surface area contributed by atoms with Crippen molar-refractivity contribution in [1.82, 2.24) is 0 Å². The minimum absolute atomic E-state index is 0.176. The highest BCUT2D eigenvalue weighted by atomic mass is 32.2. The van der Waals surface area contributed by atoms with Crippen molar-refractivity contribution in [2.45, 2.75) is 32.9 Å². The number of methoxy groups -OCH3 is 1. The smallest absolute Gasteiger partial charge is 0.272 e. The predicted molar refractivity (Wildman–Crippen MR) is 125 cm³/mol. The molecule has 0 spiro atoms. The molecule has 3 rings (SSSR count). The summed E-state index contributed by atoms with van der Waals surface area (Å²) in [6.45, 7) is 10.0. The van der Waals surface area contributed by atoms with Crippen LogP contribution in [0.1, 0.15) is 33.3 Å². The van der Waals surface area contributed by atoms with Gasteiger partial charge in [0.25, 0.3) is 11.8 Å². The fraction of sp³-hybridized carbons (Fsp3) is 0.333. The van der Waals surface area contributed by atoms with Crippen molar-refractivity contribution in [3.63, 3.8) is 0 Å². The molecule has 1 aliphatic heterocycles. The summed E-state index contributed by atoms with van der Waals surface area (Å²) in [5, 5.41) is 0.176. The summed E-state index contributed by atoms with van der Waals surface area (Å²) in [6.07, 6.45) is 0. The number of benzene rings is 2. The fourth-order valence-corrected chi connectivity index (χ4v) is 4.49. The average Bonchev–Trinajstić information content (AvgIpc) is 2.98. The number of amides is 2. The van der Waals surface area contributed by atoms with Crippen LogP contribution >= 0.6 is 11.8 Å². The summed E-state index contributed by atoms with van der Waals surface area (Å²) >= 11 is 1.43. The number of hydrogen-bond donors (Lipinski definition) is 0. The van der Waals surface area contributed by atoms with Crippen LogP contribution in [0.15, 0.2) is 53.4 Å². The molecule has 158 valence electrons. The number of ether oxygens (including phenoxy) is 1. The lowest BCUT2D eigenvalue weighted by atomic mass is 10.1. The van der Waals surface area contributed by atoms with E-state index in [1.165, 1.54) is 16.7 Å². The quantitative estimate of drug-likeness (QED) is 0.560. The van der Waals surface area contributed by atoms with Gasteiger partial charge in [-0.15, -0.1) is 11.8 Å². The van der Waals surface area contributed by atoms with Crippen molar-refractivity contribution < 1.29 is 14.3 Å². The van der Waals surface area contributed by atoms with Gasteiger partial charge in [0.15, 0.2) is 0 Å². The number of thioether (sulfide) groups is 1. The van der Waals surface area contributed by atoms with E-state index in [2.05, 4.69) is 18.7 Å². The third-order valence-corrected chi connectivity index (χ3v) is 6.10. The Labute approximate surface area is 182 Å². The van der Waals surface area contributed by atoms with Gasteiger partial charge in [-0.1, -0.05) is 26.0 Å². The van der Waals surface area contributed by atoms with Gasteiger partial charge in [-0.25, -0.2) is 4.90 Å². The molecular weight excluding hydrogens is 396 g/mol. The molecule has 30 heavy (non-hydrogen) atoms. The second kappa shape index (κ2) is 9.39. The molecule has 0 bridgehead atoms. The number of carbonyl (C=O) groups excluding carboxylic acids is 2. The number of nitrogens with zero attached hydrogens (tertiary/aromatic N) is 2. The van der Waals surface area contributed by atoms with Crippen LogP contribution in [-0.4, -0.2) is 37.3 Å². The van der Waals surface area contributed by atoms with Crippen LogP contribution in [0.2, 0.25) is 0 Å². The van der Waals surface area contributed by atoms with Crippen molar-refractivity contribution in [3.05, 3.63) is 59.0 Å². The van der Waals surface area contributed by atoms with Crippen LogP contribution in [-0.2, 0) is 9.59 Å². The first kappa shape index (κ1) is 22.0. The molecular formula is C24H28N2O3S. The van der Waals surface area contributed by atoms with Gasteiger partial charge in [-0.2, -0.15) is 0 Å². The molecule has 5 nitrogen and oxygen atoms in total. The monoisotopic (exact) mass is 424 g/mol. The zero-order valence-electron chi connectivity index (χ0n) is 18.1. The number of carbonyl (C=O) groups is 2. The van der Waals surface area contributed by atoms with E-state index in [1.807, 2.05) is 50.2 Å². The fourth-order valence-electron chi connectivity index (χ4n) is 3.50. The maximum Gasteiger partial charge on any atom is 0.272 e. The minimum atomic E-state index is -0.288. The van der Waals surface area contributed by atoms with Crippen molar-refractivity contribution >= 4 is 40.5 Å². The number of hydrogen-bond acceptors (Lipinski definition) is 5. The van der Waals surface area contributed by atoms with Gasteiger partial charge in [0.2, 0.25) is 0 Å². The molecule has 0 saturated carbocycles. The number of anilines is 2. The largest absolute Gasteiger partial charge is 0.497 e. The highest BCUT2D eigenvalue weighted by Gasteiger charge is 2.40. The first-order valence-electron chi connectivity index (χ1n) is 10.2. The first-order valence-corrected chi connectivity index (χ1v) is 11.1. The normalized spacial score (nSPS) is 14.1. The number of rotatable bonds is 8. The van der Waals surface area contributed by atoms with Crippen LogP contribution in [0.25, 0.3) is 5.57 Å².